The van der Waals surface area contributed by atoms with Crippen LogP contribution in [0.15, 0.2) is 54.6 Å². The maximum atomic E-state index is 11.1. The molecule has 0 spiro atoms. The predicted molar refractivity (Wildman–Crippen MR) is 135 cm³/mol. The lowest BCUT2D eigenvalue weighted by molar-refractivity contribution is 0.0697. The van der Waals surface area contributed by atoms with Crippen molar-refractivity contribution < 1.29 is 9.90 Å². The summed E-state index contributed by atoms with van der Waals surface area (Å²) in [6.07, 6.45) is 5.21. The summed E-state index contributed by atoms with van der Waals surface area (Å²) in [7, 11) is 0. The van der Waals surface area contributed by atoms with E-state index < -0.39 is 5.97 Å². The number of halogens is 1. The van der Waals surface area contributed by atoms with Crippen LogP contribution in [0.5, 0.6) is 0 Å². The maximum Gasteiger partial charge on any atom is 0.335 e. The van der Waals surface area contributed by atoms with Crippen molar-refractivity contribution in [1.82, 2.24) is 14.5 Å². The van der Waals surface area contributed by atoms with E-state index in [9.17, 15) is 4.79 Å². The number of imidazole rings is 1. The van der Waals surface area contributed by atoms with Gasteiger partial charge in [0.15, 0.2) is 5.15 Å². The Bertz CT molecular complexity index is 1020. The number of unbranched alkanes of at least 4 members (excludes halogenated alkanes) is 1. The van der Waals surface area contributed by atoms with Crippen molar-refractivity contribution in [1.29, 1.82) is 0 Å². The molecule has 0 aliphatic heterocycles. The van der Waals surface area contributed by atoms with Crippen LogP contribution in [0, 0.1) is 0 Å². The molecular formula is C27H34ClN3O2. The minimum Gasteiger partial charge on any atom is -0.478 e. The monoisotopic (exact) mass is 467 g/mol. The van der Waals surface area contributed by atoms with Crippen molar-refractivity contribution in [3.8, 4) is 11.4 Å². The summed E-state index contributed by atoms with van der Waals surface area (Å²) in [6.45, 7) is 8.02. The number of benzene rings is 2. The molecule has 33 heavy (non-hydrogen) atoms. The summed E-state index contributed by atoms with van der Waals surface area (Å²) in [5.74, 6) is 0.0501. The highest BCUT2D eigenvalue weighted by Crippen LogP contribution is 2.27. The molecule has 0 aliphatic rings. The van der Waals surface area contributed by atoms with E-state index in [2.05, 4.69) is 35.4 Å². The molecule has 1 N–H and O–H groups in total. The molecule has 3 aromatic rings. The average Bonchev–Trinajstić information content (AvgIpc) is 3.13. The second kappa shape index (κ2) is 12.6. The standard InChI is InChI=1S/C27H34ClN3O2/c1-3-5-18-30(19-9-10-21-13-15-23(16-14-21)27(32)33)20-24-25(28)29-26(31(24)17-4-2)22-11-7-6-8-12-22/h6-8,11-16H,3-5,9-10,17-20H2,1-2H3,(H,32,33). The predicted octanol–water partition coefficient (Wildman–Crippen LogP) is 6.55. The van der Waals surface area contributed by atoms with Gasteiger partial charge in [0.05, 0.1) is 11.3 Å². The van der Waals surface area contributed by atoms with Gasteiger partial charge in [0, 0.05) is 18.7 Å². The van der Waals surface area contributed by atoms with Gasteiger partial charge in [0.25, 0.3) is 0 Å². The molecule has 2 aromatic carbocycles. The van der Waals surface area contributed by atoms with Crippen LogP contribution in [0.4, 0.5) is 0 Å². The van der Waals surface area contributed by atoms with Crippen LogP contribution in [-0.4, -0.2) is 38.6 Å². The Kier molecular flexibility index (Phi) is 9.52. The van der Waals surface area contributed by atoms with E-state index in [0.29, 0.717) is 10.7 Å². The zero-order chi connectivity index (χ0) is 23.6. The van der Waals surface area contributed by atoms with Gasteiger partial charge in [-0.15, -0.1) is 0 Å². The Hall–Kier alpha value is -2.63. The van der Waals surface area contributed by atoms with E-state index >= 15 is 0 Å². The molecule has 0 fully saturated rings. The first kappa shape index (κ1) is 25.0. The fraction of sp³-hybridized carbons (Fsp3) is 0.407. The lowest BCUT2D eigenvalue weighted by atomic mass is 10.1. The molecule has 0 saturated carbocycles. The summed E-state index contributed by atoms with van der Waals surface area (Å²) in [5, 5.41) is 9.67. The molecule has 0 unspecified atom stereocenters. The number of aryl methyl sites for hydroxylation is 1. The maximum absolute atomic E-state index is 11.1. The molecule has 6 heteroatoms. The molecule has 176 valence electrons. The normalized spacial score (nSPS) is 11.3. The largest absolute Gasteiger partial charge is 0.478 e. The van der Waals surface area contributed by atoms with E-state index in [1.807, 2.05) is 30.3 Å². The van der Waals surface area contributed by atoms with Gasteiger partial charge in [-0.25, -0.2) is 9.78 Å². The quantitative estimate of drug-likeness (QED) is 0.309. The molecule has 1 aromatic heterocycles. The fourth-order valence-electron chi connectivity index (χ4n) is 4.06. The summed E-state index contributed by atoms with van der Waals surface area (Å²) in [4.78, 5) is 18.3. The van der Waals surface area contributed by atoms with Crippen LogP contribution in [0.25, 0.3) is 11.4 Å². The van der Waals surface area contributed by atoms with E-state index in [-0.39, 0.29) is 0 Å². The SMILES string of the molecule is CCCCN(CCCc1ccc(C(=O)O)cc1)Cc1c(Cl)nc(-c2ccccc2)n1CCC. The highest BCUT2D eigenvalue weighted by Gasteiger charge is 2.19. The lowest BCUT2D eigenvalue weighted by Gasteiger charge is -2.23. The molecule has 0 amide bonds. The molecule has 0 aliphatic carbocycles. The number of aromatic nitrogens is 2. The minimum atomic E-state index is -0.886. The number of hydrogen-bond acceptors (Lipinski definition) is 3. The highest BCUT2D eigenvalue weighted by atomic mass is 35.5. The minimum absolute atomic E-state index is 0.330. The fourth-order valence-corrected chi connectivity index (χ4v) is 4.31. The van der Waals surface area contributed by atoms with Crippen LogP contribution in [0.1, 0.15) is 61.1 Å². The van der Waals surface area contributed by atoms with E-state index in [1.54, 1.807) is 12.1 Å². The van der Waals surface area contributed by atoms with E-state index in [4.69, 9.17) is 21.7 Å². The van der Waals surface area contributed by atoms with Gasteiger partial charge >= 0.3 is 5.97 Å². The van der Waals surface area contributed by atoms with Gasteiger partial charge in [0.1, 0.15) is 5.82 Å². The molecular weight excluding hydrogens is 434 g/mol. The van der Waals surface area contributed by atoms with Crippen LogP contribution >= 0.6 is 11.6 Å². The van der Waals surface area contributed by atoms with E-state index in [1.165, 1.54) is 0 Å². The Balaban J connectivity index is 1.72. The second-order valence-corrected chi connectivity index (χ2v) is 8.78. The number of nitrogens with zero attached hydrogens (tertiary/aromatic N) is 3. The Morgan fingerprint density at radius 2 is 1.70 bits per heavy atom. The molecule has 3 rings (SSSR count). The number of rotatable bonds is 13. The highest BCUT2D eigenvalue weighted by molar-refractivity contribution is 6.30. The number of hydrogen-bond donors (Lipinski definition) is 1. The third-order valence-corrected chi connectivity index (χ3v) is 6.15. The number of aromatic carboxylic acids is 1. The Morgan fingerprint density at radius 3 is 2.33 bits per heavy atom. The Morgan fingerprint density at radius 1 is 1.00 bits per heavy atom. The zero-order valence-corrected chi connectivity index (χ0v) is 20.4. The first-order valence-corrected chi connectivity index (χ1v) is 12.3. The van der Waals surface area contributed by atoms with Crippen LogP contribution in [0.2, 0.25) is 5.15 Å². The molecule has 0 radical (unpaired) electrons. The van der Waals surface area contributed by atoms with Crippen LogP contribution < -0.4 is 0 Å². The van der Waals surface area contributed by atoms with Crippen molar-refractivity contribution in [2.75, 3.05) is 13.1 Å². The first-order valence-electron chi connectivity index (χ1n) is 11.9. The van der Waals surface area contributed by atoms with Gasteiger partial charge in [-0.2, -0.15) is 0 Å². The van der Waals surface area contributed by atoms with Gasteiger partial charge in [-0.1, -0.05) is 74.3 Å². The Labute approximate surface area is 202 Å². The lowest BCUT2D eigenvalue weighted by Crippen LogP contribution is -2.27. The molecule has 0 bridgehead atoms. The smallest absolute Gasteiger partial charge is 0.335 e. The number of carboxylic acid groups (broad SMARTS) is 1. The van der Waals surface area contributed by atoms with E-state index in [0.717, 1.165) is 80.9 Å². The van der Waals surface area contributed by atoms with Crippen molar-refractivity contribution >= 4 is 17.6 Å². The summed E-state index contributed by atoms with van der Waals surface area (Å²) >= 11 is 6.68. The molecule has 1 heterocycles. The van der Waals surface area contributed by atoms with Gasteiger partial charge in [-0.3, -0.25) is 4.90 Å². The number of carbonyl (C=O) groups is 1. The van der Waals surface area contributed by atoms with Gasteiger partial charge in [-0.05, 0) is 56.5 Å². The van der Waals surface area contributed by atoms with Crippen LogP contribution in [-0.2, 0) is 19.5 Å². The third kappa shape index (κ3) is 6.92. The first-order chi connectivity index (χ1) is 16.0. The van der Waals surface area contributed by atoms with Crippen molar-refractivity contribution in [3.63, 3.8) is 0 Å². The van der Waals surface area contributed by atoms with Gasteiger partial charge in [0.2, 0.25) is 0 Å². The second-order valence-electron chi connectivity index (χ2n) is 8.43. The zero-order valence-electron chi connectivity index (χ0n) is 19.6. The third-order valence-electron chi connectivity index (χ3n) is 5.84. The van der Waals surface area contributed by atoms with Crippen molar-refractivity contribution in [3.05, 3.63) is 76.6 Å². The molecule has 0 saturated heterocycles. The van der Waals surface area contributed by atoms with Crippen LogP contribution in [0.3, 0.4) is 0 Å². The molecule has 5 nitrogen and oxygen atoms in total. The summed E-state index contributed by atoms with van der Waals surface area (Å²) in [5.41, 5.74) is 3.66. The van der Waals surface area contributed by atoms with Crippen molar-refractivity contribution in [2.45, 2.75) is 59.0 Å². The molecule has 0 atom stereocenters. The average molecular weight is 468 g/mol. The summed E-state index contributed by atoms with van der Waals surface area (Å²) in [6, 6.07) is 17.4. The van der Waals surface area contributed by atoms with Crippen molar-refractivity contribution in [2.24, 2.45) is 0 Å². The topological polar surface area (TPSA) is 58.4 Å². The van der Waals surface area contributed by atoms with Gasteiger partial charge < -0.3 is 9.67 Å². The summed E-state index contributed by atoms with van der Waals surface area (Å²) < 4.78 is 2.28. The number of carboxylic acids is 1.